The van der Waals surface area contributed by atoms with E-state index in [-0.39, 0.29) is 30.2 Å². The SMILES string of the molecule is CCC(=O)N1CCc2ccc(OCc3nc(C(=O)NCCN(C)C)co3)cc2[C@H]1c1cccc(C)c1. The number of aromatic nitrogens is 1. The maximum Gasteiger partial charge on any atom is 0.273 e. The number of aryl methyl sites for hydroxylation is 1. The number of hydrogen-bond donors (Lipinski definition) is 1. The van der Waals surface area contributed by atoms with Gasteiger partial charge in [0.1, 0.15) is 12.0 Å². The van der Waals surface area contributed by atoms with Gasteiger partial charge in [-0.2, -0.15) is 0 Å². The summed E-state index contributed by atoms with van der Waals surface area (Å²) in [6, 6.07) is 14.2. The number of fused-ring (bicyclic) bond motifs is 1. The first-order valence-electron chi connectivity index (χ1n) is 12.3. The fourth-order valence-electron chi connectivity index (χ4n) is 4.46. The molecule has 8 heteroatoms. The van der Waals surface area contributed by atoms with Gasteiger partial charge in [-0.25, -0.2) is 4.98 Å². The molecule has 2 aromatic carbocycles. The quantitative estimate of drug-likeness (QED) is 0.492. The van der Waals surface area contributed by atoms with Crippen molar-refractivity contribution in [1.29, 1.82) is 0 Å². The van der Waals surface area contributed by atoms with E-state index in [1.807, 2.05) is 49.0 Å². The first-order valence-corrected chi connectivity index (χ1v) is 12.3. The smallest absolute Gasteiger partial charge is 0.273 e. The van der Waals surface area contributed by atoms with Crippen molar-refractivity contribution in [2.24, 2.45) is 0 Å². The lowest BCUT2D eigenvalue weighted by Gasteiger charge is -2.38. The minimum Gasteiger partial charge on any atom is -0.484 e. The molecule has 1 atom stereocenters. The summed E-state index contributed by atoms with van der Waals surface area (Å²) < 4.78 is 11.4. The highest BCUT2D eigenvalue weighted by molar-refractivity contribution is 5.91. The molecule has 0 aliphatic carbocycles. The van der Waals surface area contributed by atoms with Crippen molar-refractivity contribution in [3.63, 3.8) is 0 Å². The summed E-state index contributed by atoms with van der Waals surface area (Å²) in [7, 11) is 3.89. The average molecular weight is 491 g/mol. The predicted molar refractivity (Wildman–Crippen MR) is 137 cm³/mol. The van der Waals surface area contributed by atoms with Crippen LogP contribution in [0.2, 0.25) is 0 Å². The van der Waals surface area contributed by atoms with E-state index in [0.717, 1.165) is 29.7 Å². The molecule has 190 valence electrons. The van der Waals surface area contributed by atoms with Gasteiger partial charge < -0.3 is 24.3 Å². The summed E-state index contributed by atoms with van der Waals surface area (Å²) in [6.07, 6.45) is 2.61. The fourth-order valence-corrected chi connectivity index (χ4v) is 4.46. The number of amides is 2. The van der Waals surface area contributed by atoms with Crippen LogP contribution in [0.15, 0.2) is 53.1 Å². The van der Waals surface area contributed by atoms with Crippen LogP contribution in [0.4, 0.5) is 0 Å². The van der Waals surface area contributed by atoms with Gasteiger partial charge in [0.25, 0.3) is 5.91 Å². The third kappa shape index (κ3) is 5.94. The molecule has 0 radical (unpaired) electrons. The van der Waals surface area contributed by atoms with E-state index >= 15 is 0 Å². The van der Waals surface area contributed by atoms with E-state index in [2.05, 4.69) is 41.5 Å². The number of nitrogens with zero attached hydrogens (tertiary/aromatic N) is 3. The van der Waals surface area contributed by atoms with Crippen molar-refractivity contribution in [2.45, 2.75) is 39.3 Å². The van der Waals surface area contributed by atoms with Gasteiger partial charge in [0.05, 0.1) is 6.04 Å². The van der Waals surface area contributed by atoms with E-state index < -0.39 is 0 Å². The van der Waals surface area contributed by atoms with Crippen LogP contribution in [-0.4, -0.2) is 60.3 Å². The number of nitrogens with one attached hydrogen (secondary N) is 1. The summed E-state index contributed by atoms with van der Waals surface area (Å²) >= 11 is 0. The molecule has 1 aliphatic rings. The number of hydrogen-bond acceptors (Lipinski definition) is 6. The predicted octanol–water partition coefficient (Wildman–Crippen LogP) is 3.74. The van der Waals surface area contributed by atoms with Gasteiger partial charge in [-0.3, -0.25) is 9.59 Å². The van der Waals surface area contributed by atoms with Crippen LogP contribution in [0.3, 0.4) is 0 Å². The molecule has 0 spiro atoms. The number of carbonyl (C=O) groups is 2. The Kier molecular flexibility index (Phi) is 8.05. The second-order valence-corrected chi connectivity index (χ2v) is 9.34. The number of carbonyl (C=O) groups excluding carboxylic acids is 2. The van der Waals surface area contributed by atoms with Crippen LogP contribution in [0, 0.1) is 6.92 Å². The molecule has 0 unspecified atom stereocenters. The number of oxazole rings is 1. The van der Waals surface area contributed by atoms with Crippen LogP contribution >= 0.6 is 0 Å². The lowest BCUT2D eigenvalue weighted by atomic mass is 9.87. The van der Waals surface area contributed by atoms with Gasteiger partial charge >= 0.3 is 0 Å². The summed E-state index contributed by atoms with van der Waals surface area (Å²) in [4.78, 5) is 33.3. The number of likely N-dealkylation sites (N-methyl/N-ethyl adjacent to an activating group) is 1. The highest BCUT2D eigenvalue weighted by Crippen LogP contribution is 2.37. The van der Waals surface area contributed by atoms with E-state index in [1.54, 1.807) is 0 Å². The zero-order chi connectivity index (χ0) is 25.7. The average Bonchev–Trinajstić information content (AvgIpc) is 3.35. The first-order chi connectivity index (χ1) is 17.4. The largest absolute Gasteiger partial charge is 0.484 e. The van der Waals surface area contributed by atoms with Gasteiger partial charge in [-0.1, -0.05) is 42.8 Å². The van der Waals surface area contributed by atoms with E-state index in [9.17, 15) is 9.59 Å². The summed E-state index contributed by atoms with van der Waals surface area (Å²) in [5.41, 5.74) is 4.75. The van der Waals surface area contributed by atoms with Gasteiger partial charge in [-0.15, -0.1) is 0 Å². The molecule has 4 rings (SSSR count). The van der Waals surface area contributed by atoms with Crippen molar-refractivity contribution >= 4 is 11.8 Å². The third-order valence-corrected chi connectivity index (χ3v) is 6.32. The molecule has 2 heterocycles. The van der Waals surface area contributed by atoms with Crippen molar-refractivity contribution in [1.82, 2.24) is 20.1 Å². The molecular formula is C28H34N4O4. The van der Waals surface area contributed by atoms with Crippen LogP contribution in [0.5, 0.6) is 5.75 Å². The van der Waals surface area contributed by atoms with Crippen LogP contribution < -0.4 is 10.1 Å². The van der Waals surface area contributed by atoms with Crippen molar-refractivity contribution in [3.05, 3.63) is 82.6 Å². The Morgan fingerprint density at radius 2 is 2.06 bits per heavy atom. The molecule has 1 N–H and O–H groups in total. The second-order valence-electron chi connectivity index (χ2n) is 9.34. The van der Waals surface area contributed by atoms with Gasteiger partial charge in [0.15, 0.2) is 12.3 Å². The minimum atomic E-state index is -0.276. The minimum absolute atomic E-state index is 0.0937. The molecule has 8 nitrogen and oxygen atoms in total. The molecule has 2 amide bonds. The zero-order valence-electron chi connectivity index (χ0n) is 21.4. The maximum atomic E-state index is 12.8. The molecule has 36 heavy (non-hydrogen) atoms. The van der Waals surface area contributed by atoms with Gasteiger partial charge in [-0.05, 0) is 56.3 Å². The van der Waals surface area contributed by atoms with Crippen molar-refractivity contribution < 1.29 is 18.7 Å². The maximum absolute atomic E-state index is 12.8. The molecule has 1 aliphatic heterocycles. The van der Waals surface area contributed by atoms with Crippen LogP contribution in [0.25, 0.3) is 0 Å². The zero-order valence-corrected chi connectivity index (χ0v) is 21.4. The van der Waals surface area contributed by atoms with Crippen LogP contribution in [-0.2, 0) is 17.8 Å². The monoisotopic (exact) mass is 490 g/mol. The Labute approximate surface area is 212 Å². The second kappa shape index (κ2) is 11.4. The molecule has 0 fully saturated rings. The lowest BCUT2D eigenvalue weighted by molar-refractivity contribution is -0.132. The third-order valence-electron chi connectivity index (χ3n) is 6.32. The summed E-state index contributed by atoms with van der Waals surface area (Å²) in [6.45, 7) is 6.01. The Morgan fingerprint density at radius 3 is 2.81 bits per heavy atom. The molecule has 0 saturated carbocycles. The standard InChI is InChI=1S/C28H34N4O4/c1-5-26(33)32-13-11-20-9-10-22(16-23(20)27(32)21-8-6-7-19(2)15-21)35-18-25-30-24(17-36-25)28(34)29-12-14-31(3)4/h6-10,15-17,27H,5,11-14,18H2,1-4H3,(H,29,34)/t27-/m1/s1. The van der Waals surface area contributed by atoms with Crippen molar-refractivity contribution in [3.8, 4) is 5.75 Å². The van der Waals surface area contributed by atoms with Gasteiger partial charge in [0.2, 0.25) is 11.8 Å². The van der Waals surface area contributed by atoms with Crippen molar-refractivity contribution in [2.75, 3.05) is 33.7 Å². The van der Waals surface area contributed by atoms with E-state index in [0.29, 0.717) is 31.2 Å². The first kappa shape index (κ1) is 25.4. The summed E-state index contributed by atoms with van der Waals surface area (Å²) in [5, 5.41) is 2.82. The molecule has 0 bridgehead atoms. The number of benzene rings is 2. The Bertz CT molecular complexity index is 1220. The lowest BCUT2D eigenvalue weighted by Crippen LogP contribution is -2.40. The topological polar surface area (TPSA) is 87.9 Å². The molecule has 0 saturated heterocycles. The highest BCUT2D eigenvalue weighted by atomic mass is 16.5. The van der Waals surface area contributed by atoms with Gasteiger partial charge in [0, 0.05) is 26.1 Å². The Hall–Kier alpha value is -3.65. The van der Waals surface area contributed by atoms with E-state index in [1.165, 1.54) is 11.8 Å². The molecular weight excluding hydrogens is 456 g/mol. The number of rotatable bonds is 9. The fraction of sp³-hybridized carbons (Fsp3) is 0.393. The van der Waals surface area contributed by atoms with E-state index in [4.69, 9.17) is 9.15 Å². The Morgan fingerprint density at radius 1 is 1.22 bits per heavy atom. The molecule has 3 aromatic rings. The normalized spacial score (nSPS) is 15.0. The number of ether oxygens (including phenoxy) is 1. The van der Waals surface area contributed by atoms with Crippen LogP contribution in [0.1, 0.15) is 58.0 Å². The Balaban J connectivity index is 1.50. The highest BCUT2D eigenvalue weighted by Gasteiger charge is 2.31. The molecule has 1 aromatic heterocycles. The summed E-state index contributed by atoms with van der Waals surface area (Å²) in [5.74, 6) is 0.841.